The molecule has 0 aliphatic heterocycles. The summed E-state index contributed by atoms with van der Waals surface area (Å²) in [6, 6.07) is 7.30. The summed E-state index contributed by atoms with van der Waals surface area (Å²) in [7, 11) is 0. The summed E-state index contributed by atoms with van der Waals surface area (Å²) in [5.74, 6) is 0. The summed E-state index contributed by atoms with van der Waals surface area (Å²) in [5, 5.41) is 9.01. The lowest BCUT2D eigenvalue weighted by molar-refractivity contribution is 0.653. The summed E-state index contributed by atoms with van der Waals surface area (Å²) >= 11 is 0. The van der Waals surface area contributed by atoms with Gasteiger partial charge in [0, 0.05) is 25.1 Å². The van der Waals surface area contributed by atoms with E-state index in [1.54, 1.807) is 29.2 Å². The fraction of sp³-hybridized carbons (Fsp3) is 0.214. The number of nitrogens with zero attached hydrogens (tertiary/aromatic N) is 3. The zero-order chi connectivity index (χ0) is 13.0. The van der Waals surface area contributed by atoms with Crippen molar-refractivity contribution in [3.63, 3.8) is 0 Å². The smallest absolute Gasteiger partial charge is 0.268 e. The zero-order valence-corrected chi connectivity index (χ0v) is 10.1. The number of aromatic nitrogens is 2. The molecule has 2 heterocycles. The second-order valence-electron chi connectivity index (χ2n) is 3.99. The van der Waals surface area contributed by atoms with Crippen LogP contribution in [-0.2, 0) is 6.54 Å². The molecule has 0 unspecified atom stereocenters. The average Bonchev–Trinajstić information content (AvgIpc) is 2.42. The van der Waals surface area contributed by atoms with Crippen molar-refractivity contribution in [1.29, 1.82) is 5.26 Å². The van der Waals surface area contributed by atoms with Crippen molar-refractivity contribution in [2.75, 3.05) is 0 Å². The van der Waals surface area contributed by atoms with E-state index in [0.717, 1.165) is 17.5 Å². The van der Waals surface area contributed by atoms with Crippen LogP contribution in [0.15, 0.2) is 41.6 Å². The molecule has 0 bridgehead atoms. The minimum atomic E-state index is -0.225. The van der Waals surface area contributed by atoms with Crippen molar-refractivity contribution in [3.8, 4) is 17.2 Å². The van der Waals surface area contributed by atoms with Crippen LogP contribution < -0.4 is 5.56 Å². The molecule has 0 atom stereocenters. The molecular weight excluding hydrogens is 226 g/mol. The van der Waals surface area contributed by atoms with E-state index in [1.807, 2.05) is 25.1 Å². The van der Waals surface area contributed by atoms with Gasteiger partial charge in [-0.15, -0.1) is 0 Å². The number of aryl methyl sites for hydroxylation is 1. The van der Waals surface area contributed by atoms with Crippen LogP contribution in [0.4, 0.5) is 0 Å². The maximum absolute atomic E-state index is 11.9. The van der Waals surface area contributed by atoms with E-state index >= 15 is 0 Å². The van der Waals surface area contributed by atoms with E-state index in [9.17, 15) is 4.79 Å². The van der Waals surface area contributed by atoms with Crippen LogP contribution >= 0.6 is 0 Å². The molecule has 0 saturated carbocycles. The lowest BCUT2D eigenvalue weighted by Crippen LogP contribution is -2.22. The number of hydrogen-bond acceptors (Lipinski definition) is 3. The highest BCUT2D eigenvalue weighted by Gasteiger charge is 2.07. The predicted molar refractivity (Wildman–Crippen MR) is 68.9 cm³/mol. The highest BCUT2D eigenvalue weighted by molar-refractivity contribution is 5.63. The van der Waals surface area contributed by atoms with Crippen LogP contribution in [0.3, 0.4) is 0 Å². The first-order valence-electron chi connectivity index (χ1n) is 5.81. The Labute approximate surface area is 105 Å². The summed E-state index contributed by atoms with van der Waals surface area (Å²) in [4.78, 5) is 15.9. The molecule has 0 N–H and O–H groups in total. The maximum Gasteiger partial charge on any atom is 0.268 e. The maximum atomic E-state index is 11.9. The van der Waals surface area contributed by atoms with Crippen LogP contribution in [-0.4, -0.2) is 9.55 Å². The Hall–Kier alpha value is -2.41. The van der Waals surface area contributed by atoms with E-state index < -0.39 is 0 Å². The standard InChI is InChI=1S/C14H13N3O/c1-2-7-17-10-13(8-12(9-15)14(17)18)11-3-5-16-6-4-11/h3-6,8,10H,2,7H2,1H3. The van der Waals surface area contributed by atoms with E-state index in [0.29, 0.717) is 6.54 Å². The molecule has 0 aromatic carbocycles. The van der Waals surface area contributed by atoms with Gasteiger partial charge in [-0.1, -0.05) is 6.92 Å². The molecule has 2 aromatic heterocycles. The number of nitriles is 1. The third-order valence-electron chi connectivity index (χ3n) is 2.68. The molecule has 4 heteroatoms. The van der Waals surface area contributed by atoms with Crippen LogP contribution in [0.25, 0.3) is 11.1 Å². The third kappa shape index (κ3) is 2.30. The zero-order valence-electron chi connectivity index (χ0n) is 10.1. The topological polar surface area (TPSA) is 58.7 Å². The van der Waals surface area contributed by atoms with Gasteiger partial charge in [0.25, 0.3) is 5.56 Å². The van der Waals surface area contributed by atoms with Gasteiger partial charge in [0.1, 0.15) is 11.6 Å². The molecule has 0 radical (unpaired) electrons. The predicted octanol–water partition coefficient (Wildman–Crippen LogP) is 2.19. The largest absolute Gasteiger partial charge is 0.314 e. The van der Waals surface area contributed by atoms with Gasteiger partial charge in [0.2, 0.25) is 0 Å². The average molecular weight is 239 g/mol. The van der Waals surface area contributed by atoms with Crippen LogP contribution in [0.2, 0.25) is 0 Å². The summed E-state index contributed by atoms with van der Waals surface area (Å²) in [6.07, 6.45) is 6.03. The van der Waals surface area contributed by atoms with Crippen molar-refractivity contribution < 1.29 is 0 Å². The van der Waals surface area contributed by atoms with E-state index in [-0.39, 0.29) is 11.1 Å². The molecule has 18 heavy (non-hydrogen) atoms. The Morgan fingerprint density at radius 1 is 1.33 bits per heavy atom. The monoisotopic (exact) mass is 239 g/mol. The van der Waals surface area contributed by atoms with Crippen molar-refractivity contribution in [3.05, 3.63) is 52.7 Å². The van der Waals surface area contributed by atoms with E-state index in [2.05, 4.69) is 4.98 Å². The van der Waals surface area contributed by atoms with E-state index in [1.165, 1.54) is 0 Å². The van der Waals surface area contributed by atoms with E-state index in [4.69, 9.17) is 5.26 Å². The molecule has 0 spiro atoms. The van der Waals surface area contributed by atoms with Crippen molar-refractivity contribution in [2.45, 2.75) is 19.9 Å². The van der Waals surface area contributed by atoms with Gasteiger partial charge in [0.05, 0.1) is 0 Å². The molecule has 4 nitrogen and oxygen atoms in total. The fourth-order valence-electron chi connectivity index (χ4n) is 1.83. The lowest BCUT2D eigenvalue weighted by Gasteiger charge is -2.08. The quantitative estimate of drug-likeness (QED) is 0.824. The second-order valence-corrected chi connectivity index (χ2v) is 3.99. The Bertz CT molecular complexity index is 638. The van der Waals surface area contributed by atoms with Gasteiger partial charge in [-0.2, -0.15) is 5.26 Å². The minimum absolute atomic E-state index is 0.178. The highest BCUT2D eigenvalue weighted by Crippen LogP contribution is 2.17. The molecule has 0 saturated heterocycles. The Kier molecular flexibility index (Phi) is 3.54. The van der Waals surface area contributed by atoms with Gasteiger partial charge in [-0.05, 0) is 35.7 Å². The molecule has 2 aromatic rings. The molecule has 90 valence electrons. The first-order chi connectivity index (χ1) is 8.76. The first kappa shape index (κ1) is 12.1. The molecule has 2 rings (SSSR count). The molecular formula is C14H13N3O. The van der Waals surface area contributed by atoms with Gasteiger partial charge in [0.15, 0.2) is 0 Å². The van der Waals surface area contributed by atoms with Gasteiger partial charge in [-0.25, -0.2) is 0 Å². The Morgan fingerprint density at radius 3 is 2.67 bits per heavy atom. The number of rotatable bonds is 3. The third-order valence-corrected chi connectivity index (χ3v) is 2.68. The molecule has 0 aliphatic carbocycles. The molecule has 0 fully saturated rings. The molecule has 0 amide bonds. The first-order valence-corrected chi connectivity index (χ1v) is 5.81. The Morgan fingerprint density at radius 2 is 2.06 bits per heavy atom. The van der Waals surface area contributed by atoms with Crippen molar-refractivity contribution >= 4 is 0 Å². The van der Waals surface area contributed by atoms with Crippen molar-refractivity contribution in [1.82, 2.24) is 9.55 Å². The fourth-order valence-corrected chi connectivity index (χ4v) is 1.83. The van der Waals surface area contributed by atoms with Crippen LogP contribution in [0.5, 0.6) is 0 Å². The highest BCUT2D eigenvalue weighted by atomic mass is 16.1. The number of hydrogen-bond donors (Lipinski definition) is 0. The van der Waals surface area contributed by atoms with Crippen LogP contribution in [0.1, 0.15) is 18.9 Å². The second kappa shape index (κ2) is 5.28. The van der Waals surface area contributed by atoms with Gasteiger partial charge < -0.3 is 4.57 Å². The number of pyridine rings is 2. The molecule has 0 aliphatic rings. The summed E-state index contributed by atoms with van der Waals surface area (Å²) in [5.41, 5.74) is 1.77. The Balaban J connectivity index is 2.60. The minimum Gasteiger partial charge on any atom is -0.314 e. The van der Waals surface area contributed by atoms with Crippen LogP contribution in [0, 0.1) is 11.3 Å². The summed E-state index contributed by atoms with van der Waals surface area (Å²) in [6.45, 7) is 2.62. The van der Waals surface area contributed by atoms with Gasteiger partial charge in [-0.3, -0.25) is 9.78 Å². The summed E-state index contributed by atoms with van der Waals surface area (Å²) < 4.78 is 1.59. The normalized spacial score (nSPS) is 10.0. The lowest BCUT2D eigenvalue weighted by atomic mass is 10.1. The van der Waals surface area contributed by atoms with Gasteiger partial charge >= 0.3 is 0 Å². The SMILES string of the molecule is CCCn1cc(-c2ccncc2)cc(C#N)c1=O. The van der Waals surface area contributed by atoms with Crippen molar-refractivity contribution in [2.24, 2.45) is 0 Å².